The van der Waals surface area contributed by atoms with Crippen molar-refractivity contribution in [1.82, 2.24) is 15.1 Å². The van der Waals surface area contributed by atoms with E-state index in [2.05, 4.69) is 72.3 Å². The van der Waals surface area contributed by atoms with Crippen molar-refractivity contribution in [3.05, 3.63) is 36.7 Å². The van der Waals surface area contributed by atoms with Crippen molar-refractivity contribution >= 4 is 43.2 Å². The molecule has 2 aromatic rings. The van der Waals surface area contributed by atoms with E-state index in [1.165, 1.54) is 15.0 Å². The zero-order valence-electron chi connectivity index (χ0n) is 11.9. The molecule has 0 aliphatic heterocycles. The van der Waals surface area contributed by atoms with E-state index < -0.39 is 0 Å². The second-order valence-corrected chi connectivity index (χ2v) is 7.15. The first-order valence-corrected chi connectivity index (χ1v) is 9.23. The highest BCUT2D eigenvalue weighted by Gasteiger charge is 2.21. The van der Waals surface area contributed by atoms with Gasteiger partial charge in [0, 0.05) is 28.4 Å². The fourth-order valence-electron chi connectivity index (χ4n) is 2.29. The molecule has 0 fully saturated rings. The molecule has 0 spiro atoms. The van der Waals surface area contributed by atoms with Gasteiger partial charge in [-0.15, -0.1) is 11.3 Å². The quantitative estimate of drug-likeness (QED) is 0.742. The maximum absolute atomic E-state index is 4.67. The second kappa shape index (κ2) is 7.20. The normalized spacial score (nSPS) is 12.8. The highest BCUT2D eigenvalue weighted by Crippen LogP contribution is 2.33. The van der Waals surface area contributed by atoms with Gasteiger partial charge in [-0.3, -0.25) is 4.68 Å². The number of nitrogens with zero attached hydrogens (tertiary/aromatic N) is 2. The highest BCUT2D eigenvalue weighted by atomic mass is 79.9. The smallest absolute Gasteiger partial charge is 0.0766 e. The molecule has 0 saturated heterocycles. The number of nitrogens with one attached hydrogen (secondary N) is 1. The van der Waals surface area contributed by atoms with E-state index in [4.69, 9.17) is 0 Å². The van der Waals surface area contributed by atoms with Crippen LogP contribution in [0, 0.1) is 0 Å². The lowest BCUT2D eigenvalue weighted by Crippen LogP contribution is -2.20. The van der Waals surface area contributed by atoms with Crippen LogP contribution in [0.25, 0.3) is 0 Å². The van der Waals surface area contributed by atoms with E-state index in [-0.39, 0.29) is 0 Å². The maximum atomic E-state index is 4.67. The lowest BCUT2D eigenvalue weighted by Gasteiger charge is -2.16. The molecule has 1 unspecified atom stereocenters. The Morgan fingerprint density at radius 3 is 2.65 bits per heavy atom. The molecule has 6 heteroatoms. The van der Waals surface area contributed by atoms with Crippen LogP contribution >= 0.6 is 43.2 Å². The van der Waals surface area contributed by atoms with Crippen LogP contribution < -0.4 is 5.32 Å². The van der Waals surface area contributed by atoms with Crippen molar-refractivity contribution < 1.29 is 0 Å². The zero-order chi connectivity index (χ0) is 14.7. The van der Waals surface area contributed by atoms with E-state index in [0.717, 1.165) is 29.6 Å². The maximum Gasteiger partial charge on any atom is 0.0766 e. The molecule has 0 aliphatic rings. The number of rotatable bonds is 6. The van der Waals surface area contributed by atoms with Crippen LogP contribution in [0.1, 0.15) is 36.2 Å². The van der Waals surface area contributed by atoms with Crippen molar-refractivity contribution in [3.63, 3.8) is 0 Å². The predicted octanol–water partition coefficient (Wildman–Crippen LogP) is 4.56. The molecule has 110 valence electrons. The highest BCUT2D eigenvalue weighted by molar-refractivity contribution is 9.10. The standard InChI is InChI=1S/C14H19Br2N3S/c1-4-10-13(16)12(19(5-2)18-10)8-11(17-3)14-9(15)6-7-20-14/h6-7,11,17H,4-5,8H2,1-3H3. The van der Waals surface area contributed by atoms with Gasteiger partial charge in [-0.1, -0.05) is 6.92 Å². The fourth-order valence-corrected chi connectivity index (χ4v) is 4.77. The minimum atomic E-state index is 0.299. The summed E-state index contributed by atoms with van der Waals surface area (Å²) in [7, 11) is 2.01. The van der Waals surface area contributed by atoms with Gasteiger partial charge in [0.05, 0.1) is 15.9 Å². The number of thiophene rings is 1. The number of aromatic nitrogens is 2. The van der Waals surface area contributed by atoms with Gasteiger partial charge < -0.3 is 5.32 Å². The van der Waals surface area contributed by atoms with Crippen LogP contribution in [-0.4, -0.2) is 16.8 Å². The average Bonchev–Trinajstić information content (AvgIpc) is 3.00. The Bertz CT molecular complexity index is 577. The van der Waals surface area contributed by atoms with Gasteiger partial charge in [-0.2, -0.15) is 5.10 Å². The Balaban J connectivity index is 2.32. The summed E-state index contributed by atoms with van der Waals surface area (Å²) in [4.78, 5) is 1.33. The van der Waals surface area contributed by atoms with Crippen molar-refractivity contribution in [1.29, 1.82) is 0 Å². The van der Waals surface area contributed by atoms with Gasteiger partial charge in [0.15, 0.2) is 0 Å². The average molecular weight is 421 g/mol. The molecular formula is C14H19Br2N3S. The zero-order valence-corrected chi connectivity index (χ0v) is 15.9. The second-order valence-electron chi connectivity index (χ2n) is 4.55. The summed E-state index contributed by atoms with van der Waals surface area (Å²) < 4.78 is 4.44. The van der Waals surface area contributed by atoms with Crippen LogP contribution in [0.2, 0.25) is 0 Å². The van der Waals surface area contributed by atoms with Crippen molar-refractivity contribution in [2.24, 2.45) is 0 Å². The van der Waals surface area contributed by atoms with Crippen LogP contribution in [0.15, 0.2) is 20.4 Å². The van der Waals surface area contributed by atoms with Crippen molar-refractivity contribution in [3.8, 4) is 0 Å². The minimum Gasteiger partial charge on any atom is -0.312 e. The monoisotopic (exact) mass is 419 g/mol. The predicted molar refractivity (Wildman–Crippen MR) is 92.5 cm³/mol. The Kier molecular flexibility index (Phi) is 5.84. The first-order chi connectivity index (χ1) is 9.62. The molecule has 0 amide bonds. The molecular weight excluding hydrogens is 402 g/mol. The first-order valence-electron chi connectivity index (χ1n) is 6.76. The number of hydrogen-bond donors (Lipinski definition) is 1. The third-order valence-corrected chi connectivity index (χ3v) is 6.30. The molecule has 20 heavy (non-hydrogen) atoms. The van der Waals surface area contributed by atoms with E-state index >= 15 is 0 Å². The van der Waals surface area contributed by atoms with Gasteiger partial charge in [0.1, 0.15) is 0 Å². The van der Waals surface area contributed by atoms with Gasteiger partial charge in [0.2, 0.25) is 0 Å². The van der Waals surface area contributed by atoms with Crippen molar-refractivity contribution in [2.75, 3.05) is 7.05 Å². The van der Waals surface area contributed by atoms with Gasteiger partial charge in [-0.05, 0) is 63.7 Å². The number of hydrogen-bond acceptors (Lipinski definition) is 3. The third kappa shape index (κ3) is 3.18. The Morgan fingerprint density at radius 1 is 1.40 bits per heavy atom. The summed E-state index contributed by atoms with van der Waals surface area (Å²) in [6, 6.07) is 2.40. The van der Waals surface area contributed by atoms with Gasteiger partial charge in [0.25, 0.3) is 0 Å². The molecule has 0 aromatic carbocycles. The summed E-state index contributed by atoms with van der Waals surface area (Å²) in [6.07, 6.45) is 1.88. The molecule has 0 bridgehead atoms. The fraction of sp³-hybridized carbons (Fsp3) is 0.500. The molecule has 2 heterocycles. The van der Waals surface area contributed by atoms with E-state index in [0.29, 0.717) is 6.04 Å². The lowest BCUT2D eigenvalue weighted by molar-refractivity contribution is 0.544. The molecule has 3 nitrogen and oxygen atoms in total. The molecule has 2 aromatic heterocycles. The Labute approximate surface area is 141 Å². The van der Waals surface area contributed by atoms with Crippen LogP contribution in [-0.2, 0) is 19.4 Å². The van der Waals surface area contributed by atoms with Crippen LogP contribution in [0.4, 0.5) is 0 Å². The minimum absolute atomic E-state index is 0.299. The Hall–Kier alpha value is -0.170. The topological polar surface area (TPSA) is 29.9 Å². The van der Waals surface area contributed by atoms with Gasteiger partial charge >= 0.3 is 0 Å². The molecule has 0 radical (unpaired) electrons. The number of halogens is 2. The summed E-state index contributed by atoms with van der Waals surface area (Å²) >= 11 is 9.13. The summed E-state index contributed by atoms with van der Waals surface area (Å²) in [5, 5.41) is 10.2. The molecule has 0 aliphatic carbocycles. The van der Waals surface area contributed by atoms with E-state index in [1.54, 1.807) is 11.3 Å². The third-order valence-electron chi connectivity index (χ3n) is 3.40. The SMILES string of the molecule is CCc1nn(CC)c(CC(NC)c2sccc2Br)c1Br. The van der Waals surface area contributed by atoms with E-state index in [1.807, 2.05) is 7.05 Å². The van der Waals surface area contributed by atoms with Crippen LogP contribution in [0.5, 0.6) is 0 Å². The van der Waals surface area contributed by atoms with Gasteiger partial charge in [-0.25, -0.2) is 0 Å². The molecule has 1 atom stereocenters. The summed E-state index contributed by atoms with van der Waals surface area (Å²) in [6.45, 7) is 5.18. The summed E-state index contributed by atoms with van der Waals surface area (Å²) in [5.41, 5.74) is 2.41. The van der Waals surface area contributed by atoms with Crippen LogP contribution in [0.3, 0.4) is 0 Å². The van der Waals surface area contributed by atoms with Crippen molar-refractivity contribution in [2.45, 2.75) is 39.3 Å². The Morgan fingerprint density at radius 2 is 2.15 bits per heavy atom. The summed E-state index contributed by atoms with van der Waals surface area (Å²) in [5.74, 6) is 0. The largest absolute Gasteiger partial charge is 0.312 e. The lowest BCUT2D eigenvalue weighted by atomic mass is 10.1. The molecule has 0 saturated carbocycles. The molecule has 1 N–H and O–H groups in total. The number of aryl methyl sites for hydroxylation is 2. The first kappa shape index (κ1) is 16.2. The molecule has 2 rings (SSSR count). The van der Waals surface area contributed by atoms with E-state index in [9.17, 15) is 0 Å². The number of likely N-dealkylation sites (N-methyl/N-ethyl adjacent to an activating group) is 1.